The number of aromatic nitrogens is 3. The summed E-state index contributed by atoms with van der Waals surface area (Å²) >= 11 is 4.17. The third kappa shape index (κ3) is 4.46. The molecule has 2 aliphatic rings. The van der Waals surface area contributed by atoms with Gasteiger partial charge in [0, 0.05) is 7.05 Å². The van der Waals surface area contributed by atoms with Crippen molar-refractivity contribution in [3.63, 3.8) is 0 Å². The molecule has 0 spiro atoms. The Morgan fingerprint density at radius 2 is 2.04 bits per heavy atom. The van der Waals surface area contributed by atoms with Crippen LogP contribution >= 0.6 is 35.3 Å². The second kappa shape index (κ2) is 8.61. The number of thioether (sulfide) groups is 3. The Labute approximate surface area is 169 Å². The monoisotopic (exact) mass is 425 g/mol. The minimum atomic E-state index is -0.306. The maximum atomic E-state index is 12.3. The zero-order valence-electron chi connectivity index (χ0n) is 15.4. The Morgan fingerprint density at radius 3 is 2.78 bits per heavy atom. The van der Waals surface area contributed by atoms with Crippen molar-refractivity contribution in [2.24, 2.45) is 23.0 Å². The Kier molecular flexibility index (Phi) is 6.43. The summed E-state index contributed by atoms with van der Waals surface area (Å²) < 4.78 is 6.73. The van der Waals surface area contributed by atoms with Gasteiger partial charge in [0.1, 0.15) is 11.7 Å². The molecule has 0 aromatic carbocycles. The molecule has 1 amide bonds. The van der Waals surface area contributed by atoms with Crippen molar-refractivity contribution in [1.29, 1.82) is 0 Å². The van der Waals surface area contributed by atoms with Crippen molar-refractivity contribution < 1.29 is 14.3 Å². The van der Waals surface area contributed by atoms with Crippen LogP contribution in [0.5, 0.6) is 0 Å². The van der Waals surface area contributed by atoms with Gasteiger partial charge in [-0.3, -0.25) is 9.59 Å². The molecule has 0 saturated heterocycles. The van der Waals surface area contributed by atoms with Crippen molar-refractivity contribution >= 4 is 57.4 Å². The van der Waals surface area contributed by atoms with E-state index < -0.39 is 0 Å². The molecule has 2 aliphatic heterocycles. The van der Waals surface area contributed by atoms with E-state index in [1.165, 1.54) is 23.5 Å². The summed E-state index contributed by atoms with van der Waals surface area (Å²) in [5.74, 6) is 0.635. The number of hydrogen-bond donors (Lipinski definition) is 0. The van der Waals surface area contributed by atoms with Crippen molar-refractivity contribution in [1.82, 2.24) is 14.8 Å². The van der Waals surface area contributed by atoms with Crippen LogP contribution in [0.25, 0.3) is 0 Å². The van der Waals surface area contributed by atoms with Crippen LogP contribution in [0.1, 0.15) is 26.6 Å². The normalized spacial score (nSPS) is 19.1. The number of rotatable bonds is 6. The van der Waals surface area contributed by atoms with Crippen molar-refractivity contribution in [2.75, 3.05) is 12.4 Å². The number of carbonyl (C=O) groups excluding carboxylic acids is 2. The maximum absolute atomic E-state index is 12.3. The second-order valence-corrected chi connectivity index (χ2v) is 8.92. The topological polar surface area (TPSA) is 98.8 Å². The van der Waals surface area contributed by atoms with Crippen LogP contribution in [-0.2, 0) is 27.1 Å². The third-order valence-corrected chi connectivity index (χ3v) is 7.03. The van der Waals surface area contributed by atoms with Crippen LogP contribution in [0.3, 0.4) is 0 Å². The molecule has 0 bridgehead atoms. The van der Waals surface area contributed by atoms with E-state index in [1.54, 1.807) is 18.7 Å². The number of carbonyl (C=O) groups is 2. The number of nitrogens with zero attached hydrogens (tertiary/aromatic N) is 5. The standard InChI is InChI=1S/C16H19N5O3S3/c1-5-24-11(22)7-26-16-20-19-10(21(16)4)6-25-15-17-13(23)12-8(2)9(3)27-14(12)18-15/h12H,5-7H2,1-4H3. The van der Waals surface area contributed by atoms with Gasteiger partial charge in [0.05, 0.1) is 23.2 Å². The molecule has 0 saturated carbocycles. The predicted octanol–water partition coefficient (Wildman–Crippen LogP) is 2.66. The van der Waals surface area contributed by atoms with E-state index in [0.29, 0.717) is 28.5 Å². The molecule has 0 radical (unpaired) electrons. The minimum absolute atomic E-state index is 0.159. The molecule has 8 nitrogen and oxygen atoms in total. The molecule has 0 aliphatic carbocycles. The highest BCUT2D eigenvalue weighted by Gasteiger charge is 2.36. The highest BCUT2D eigenvalue weighted by molar-refractivity contribution is 8.18. The number of allylic oxidation sites excluding steroid dienone is 1. The summed E-state index contributed by atoms with van der Waals surface area (Å²) in [7, 11) is 1.84. The van der Waals surface area contributed by atoms with Crippen molar-refractivity contribution in [3.8, 4) is 0 Å². The molecule has 0 N–H and O–H groups in total. The van der Waals surface area contributed by atoms with Crippen LogP contribution in [0.4, 0.5) is 0 Å². The van der Waals surface area contributed by atoms with E-state index >= 15 is 0 Å². The SMILES string of the molecule is CCOC(=O)CSc1nnc(CSC2=NC(=O)C3C(=N2)SC(C)=C3C)n1C. The number of amides is 1. The van der Waals surface area contributed by atoms with E-state index in [-0.39, 0.29) is 23.5 Å². The van der Waals surface area contributed by atoms with Crippen molar-refractivity contribution in [2.45, 2.75) is 31.7 Å². The minimum Gasteiger partial charge on any atom is -0.465 e. The van der Waals surface area contributed by atoms with Gasteiger partial charge in [-0.2, -0.15) is 4.99 Å². The van der Waals surface area contributed by atoms with Gasteiger partial charge in [-0.15, -0.1) is 10.2 Å². The van der Waals surface area contributed by atoms with Gasteiger partial charge in [0.25, 0.3) is 5.91 Å². The van der Waals surface area contributed by atoms with Crippen LogP contribution in [0.15, 0.2) is 25.6 Å². The van der Waals surface area contributed by atoms with Gasteiger partial charge >= 0.3 is 5.97 Å². The Morgan fingerprint density at radius 1 is 1.26 bits per heavy atom. The lowest BCUT2D eigenvalue weighted by atomic mass is 10.0. The predicted molar refractivity (Wildman–Crippen MR) is 109 cm³/mol. The number of hydrogen-bond acceptors (Lipinski definition) is 9. The first kappa shape index (κ1) is 20.2. The molecule has 3 rings (SSSR count). The summed E-state index contributed by atoms with van der Waals surface area (Å²) in [6.45, 7) is 6.08. The fourth-order valence-electron chi connectivity index (χ4n) is 2.46. The largest absolute Gasteiger partial charge is 0.465 e. The quantitative estimate of drug-likeness (QED) is 0.507. The molecule has 1 aromatic heterocycles. The smallest absolute Gasteiger partial charge is 0.316 e. The summed E-state index contributed by atoms with van der Waals surface area (Å²) in [6, 6.07) is 0. The van der Waals surface area contributed by atoms with Crippen LogP contribution in [0.2, 0.25) is 0 Å². The number of ether oxygens (including phenoxy) is 1. The Bertz CT molecular complexity index is 875. The lowest BCUT2D eigenvalue weighted by molar-refractivity contribution is -0.139. The second-order valence-electron chi connectivity index (χ2n) is 5.80. The average Bonchev–Trinajstić information content (AvgIpc) is 3.11. The fourth-order valence-corrected chi connectivity index (χ4v) is 5.19. The molecule has 144 valence electrons. The molecule has 11 heteroatoms. The molecule has 1 atom stereocenters. The van der Waals surface area contributed by atoms with Gasteiger partial charge in [-0.05, 0) is 31.2 Å². The Hall–Kier alpha value is -1.59. The number of fused-ring (bicyclic) bond motifs is 1. The van der Waals surface area contributed by atoms with Crippen LogP contribution < -0.4 is 0 Å². The van der Waals surface area contributed by atoms with Gasteiger partial charge < -0.3 is 9.30 Å². The van der Waals surface area contributed by atoms with E-state index in [4.69, 9.17) is 4.74 Å². The van der Waals surface area contributed by atoms with Gasteiger partial charge in [0.2, 0.25) is 0 Å². The lowest BCUT2D eigenvalue weighted by Crippen LogP contribution is -2.23. The Balaban J connectivity index is 1.60. The molecule has 1 aromatic rings. The van der Waals surface area contributed by atoms with E-state index in [1.807, 2.05) is 25.5 Å². The fraction of sp³-hybridized carbons (Fsp3) is 0.500. The lowest BCUT2D eigenvalue weighted by Gasteiger charge is -2.14. The highest BCUT2D eigenvalue weighted by Crippen LogP contribution is 2.40. The number of amidine groups is 1. The number of esters is 1. The zero-order valence-corrected chi connectivity index (χ0v) is 17.8. The summed E-state index contributed by atoms with van der Waals surface area (Å²) in [5, 5.41) is 10.1. The number of aliphatic imine (C=N–C) groups is 2. The van der Waals surface area contributed by atoms with E-state index in [2.05, 4.69) is 20.2 Å². The van der Waals surface area contributed by atoms with E-state index in [0.717, 1.165) is 15.5 Å². The average molecular weight is 426 g/mol. The molecule has 1 unspecified atom stereocenters. The van der Waals surface area contributed by atoms with Gasteiger partial charge in [-0.25, -0.2) is 4.99 Å². The first-order valence-electron chi connectivity index (χ1n) is 8.26. The van der Waals surface area contributed by atoms with Crippen molar-refractivity contribution in [3.05, 3.63) is 16.3 Å². The molecular weight excluding hydrogens is 406 g/mol. The van der Waals surface area contributed by atoms with Crippen LogP contribution in [-0.4, -0.2) is 49.2 Å². The van der Waals surface area contributed by atoms with Gasteiger partial charge in [0.15, 0.2) is 10.3 Å². The first-order chi connectivity index (χ1) is 12.9. The van der Waals surface area contributed by atoms with Gasteiger partial charge in [-0.1, -0.05) is 35.3 Å². The maximum Gasteiger partial charge on any atom is 0.316 e. The first-order valence-corrected chi connectivity index (χ1v) is 11.0. The zero-order chi connectivity index (χ0) is 19.6. The summed E-state index contributed by atoms with van der Waals surface area (Å²) in [5.41, 5.74) is 1.04. The molecule has 27 heavy (non-hydrogen) atoms. The highest BCUT2D eigenvalue weighted by atomic mass is 32.2. The molecular formula is C16H19N5O3S3. The third-order valence-electron chi connectivity index (χ3n) is 4.03. The summed E-state index contributed by atoms with van der Waals surface area (Å²) in [4.78, 5) is 33.6. The summed E-state index contributed by atoms with van der Waals surface area (Å²) in [6.07, 6.45) is 0. The molecule has 3 heterocycles. The molecule has 0 fully saturated rings. The van der Waals surface area contributed by atoms with Crippen LogP contribution in [0, 0.1) is 5.92 Å². The van der Waals surface area contributed by atoms with E-state index in [9.17, 15) is 9.59 Å².